The van der Waals surface area contributed by atoms with Gasteiger partial charge in [0.1, 0.15) is 34.9 Å². The first-order chi connectivity index (χ1) is 17.3. The number of hydrogen-bond donors (Lipinski definition) is 1. The monoisotopic (exact) mass is 508 g/mol. The number of hydrogen-bond acceptors (Lipinski definition) is 7. The highest BCUT2D eigenvalue weighted by atomic mass is 32.1. The molecule has 0 spiro atoms. The number of Topliss-reactive ketones (excluding diaryl/α,β-unsaturated/α-hetero) is 1. The van der Waals surface area contributed by atoms with Gasteiger partial charge in [-0.2, -0.15) is 0 Å². The molecule has 36 heavy (non-hydrogen) atoms. The summed E-state index contributed by atoms with van der Waals surface area (Å²) in [5.41, 5.74) is 0.703. The average Bonchev–Trinajstić information content (AvgIpc) is 3.41. The van der Waals surface area contributed by atoms with Gasteiger partial charge < -0.3 is 14.6 Å². The number of methoxy groups -OCH3 is 2. The van der Waals surface area contributed by atoms with Crippen molar-refractivity contribution in [3.63, 3.8) is 0 Å². The SMILES string of the molecule is COc1ccc(OC)c([C@@H]2/C(=C(\O)c3ccc(F)cc3)C(=O)C(=O)N2c2nc3ccc(F)cc3s2)c1. The van der Waals surface area contributed by atoms with Crippen LogP contribution in [0.1, 0.15) is 17.2 Å². The lowest BCUT2D eigenvalue weighted by Gasteiger charge is -2.25. The quantitative estimate of drug-likeness (QED) is 0.226. The number of rotatable bonds is 5. The van der Waals surface area contributed by atoms with Crippen LogP contribution in [-0.4, -0.2) is 36.0 Å². The molecule has 0 unspecified atom stereocenters. The molecule has 0 bridgehead atoms. The number of halogens is 2. The minimum atomic E-state index is -1.16. The molecule has 1 aromatic heterocycles. The van der Waals surface area contributed by atoms with Gasteiger partial charge in [0.2, 0.25) is 0 Å². The molecular weight excluding hydrogens is 490 g/mol. The van der Waals surface area contributed by atoms with Crippen LogP contribution >= 0.6 is 11.3 Å². The van der Waals surface area contributed by atoms with Gasteiger partial charge in [0.05, 0.1) is 30.0 Å². The topological polar surface area (TPSA) is 89.0 Å². The number of aromatic nitrogens is 1. The number of carbonyl (C=O) groups is 2. The van der Waals surface area contributed by atoms with Gasteiger partial charge in [-0.25, -0.2) is 13.8 Å². The molecule has 1 aliphatic rings. The number of anilines is 1. The van der Waals surface area contributed by atoms with Crippen LogP contribution in [0.3, 0.4) is 0 Å². The number of ether oxygens (including phenoxy) is 2. The summed E-state index contributed by atoms with van der Waals surface area (Å²) < 4.78 is 38.7. The van der Waals surface area contributed by atoms with Gasteiger partial charge in [-0.15, -0.1) is 0 Å². The number of ketones is 1. The second-order valence-electron chi connectivity index (χ2n) is 7.89. The predicted octanol–water partition coefficient (Wildman–Crippen LogP) is 5.22. The number of thiazole rings is 1. The summed E-state index contributed by atoms with van der Waals surface area (Å²) in [7, 11) is 2.89. The first-order valence-corrected chi connectivity index (χ1v) is 11.5. The Labute approximate surface area is 207 Å². The molecule has 2 heterocycles. The Morgan fingerprint density at radius 2 is 1.69 bits per heavy atom. The first-order valence-electron chi connectivity index (χ1n) is 10.7. The van der Waals surface area contributed by atoms with E-state index in [4.69, 9.17) is 9.47 Å². The molecule has 4 aromatic rings. The molecular formula is C26H18F2N2O5S. The summed E-state index contributed by atoms with van der Waals surface area (Å²) in [6.45, 7) is 0. The lowest BCUT2D eigenvalue weighted by molar-refractivity contribution is -0.132. The molecule has 1 fully saturated rings. The Morgan fingerprint density at radius 3 is 2.39 bits per heavy atom. The second-order valence-corrected chi connectivity index (χ2v) is 8.90. The predicted molar refractivity (Wildman–Crippen MR) is 130 cm³/mol. The summed E-state index contributed by atoms with van der Waals surface area (Å²) in [6, 6.07) is 12.6. The Balaban J connectivity index is 1.78. The van der Waals surface area contributed by atoms with Gasteiger partial charge in [0.15, 0.2) is 5.13 Å². The van der Waals surface area contributed by atoms with E-state index in [0.29, 0.717) is 27.3 Å². The van der Waals surface area contributed by atoms with Crippen molar-refractivity contribution < 1.29 is 33.0 Å². The van der Waals surface area contributed by atoms with E-state index in [-0.39, 0.29) is 16.3 Å². The van der Waals surface area contributed by atoms with Crippen molar-refractivity contribution in [3.05, 3.63) is 89.0 Å². The molecule has 0 saturated carbocycles. The van der Waals surface area contributed by atoms with Crippen molar-refractivity contribution in [3.8, 4) is 11.5 Å². The normalized spacial score (nSPS) is 17.1. The number of benzene rings is 3. The zero-order valence-electron chi connectivity index (χ0n) is 19.0. The third-order valence-electron chi connectivity index (χ3n) is 5.84. The lowest BCUT2D eigenvalue weighted by Crippen LogP contribution is -2.29. The van der Waals surface area contributed by atoms with Crippen LogP contribution in [0, 0.1) is 11.6 Å². The summed E-state index contributed by atoms with van der Waals surface area (Å²) in [5, 5.41) is 11.3. The first kappa shape index (κ1) is 23.4. The molecule has 0 radical (unpaired) electrons. The third-order valence-corrected chi connectivity index (χ3v) is 6.86. The fourth-order valence-electron chi connectivity index (χ4n) is 4.13. The Hall–Kier alpha value is -4.31. The molecule has 182 valence electrons. The fraction of sp³-hybridized carbons (Fsp3) is 0.115. The van der Waals surface area contributed by atoms with Crippen molar-refractivity contribution in [2.75, 3.05) is 19.1 Å². The second kappa shape index (κ2) is 9.04. The maximum atomic E-state index is 13.8. The van der Waals surface area contributed by atoms with Gasteiger partial charge in [-0.05, 0) is 60.7 Å². The lowest BCUT2D eigenvalue weighted by atomic mass is 9.94. The zero-order chi connectivity index (χ0) is 25.6. The van der Waals surface area contributed by atoms with E-state index in [1.165, 1.54) is 44.6 Å². The van der Waals surface area contributed by atoms with E-state index in [9.17, 15) is 23.5 Å². The molecule has 3 aromatic carbocycles. The number of nitrogens with zero attached hydrogens (tertiary/aromatic N) is 2. The average molecular weight is 509 g/mol. The summed E-state index contributed by atoms with van der Waals surface area (Å²) >= 11 is 1.02. The Kier molecular flexibility index (Phi) is 5.89. The van der Waals surface area contributed by atoms with Gasteiger partial charge in [-0.3, -0.25) is 14.5 Å². The highest BCUT2D eigenvalue weighted by Gasteiger charge is 2.49. The highest BCUT2D eigenvalue weighted by Crippen LogP contribution is 2.47. The minimum absolute atomic E-state index is 0.130. The van der Waals surface area contributed by atoms with E-state index >= 15 is 0 Å². The molecule has 10 heteroatoms. The summed E-state index contributed by atoms with van der Waals surface area (Å²) in [4.78, 5) is 32.3. The van der Waals surface area contributed by atoms with Crippen molar-refractivity contribution in [1.29, 1.82) is 0 Å². The third kappa shape index (κ3) is 3.85. The van der Waals surface area contributed by atoms with Crippen molar-refractivity contribution in [1.82, 2.24) is 4.98 Å². The van der Waals surface area contributed by atoms with E-state index in [0.717, 1.165) is 28.4 Å². The Bertz CT molecular complexity index is 1550. The van der Waals surface area contributed by atoms with Crippen molar-refractivity contribution in [2.24, 2.45) is 0 Å². The number of carbonyl (C=O) groups excluding carboxylic acids is 2. The number of aliphatic hydroxyl groups excluding tert-OH is 1. The van der Waals surface area contributed by atoms with E-state index in [1.807, 2.05) is 0 Å². The maximum absolute atomic E-state index is 13.8. The highest BCUT2D eigenvalue weighted by molar-refractivity contribution is 7.22. The van der Waals surface area contributed by atoms with Crippen LogP contribution in [-0.2, 0) is 9.59 Å². The molecule has 1 aliphatic heterocycles. The van der Waals surface area contributed by atoms with Crippen LogP contribution in [0.2, 0.25) is 0 Å². The van der Waals surface area contributed by atoms with Gasteiger partial charge in [0, 0.05) is 11.1 Å². The molecule has 1 atom stereocenters. The smallest absolute Gasteiger partial charge is 0.301 e. The molecule has 5 rings (SSSR count). The molecule has 0 aliphatic carbocycles. The van der Waals surface area contributed by atoms with Gasteiger partial charge >= 0.3 is 5.91 Å². The number of fused-ring (bicyclic) bond motifs is 1. The standard InChI is InChI=1S/C26H18F2N2O5S/c1-34-16-8-10-19(35-2)17(12-16)22-21(23(31)13-3-5-14(27)6-4-13)24(32)25(33)30(22)26-29-18-9-7-15(28)11-20(18)36-26/h3-12,22,31H,1-2H3/b23-21+/t22-/m1/s1. The summed E-state index contributed by atoms with van der Waals surface area (Å²) in [6.07, 6.45) is 0. The van der Waals surface area contributed by atoms with E-state index in [2.05, 4.69) is 4.98 Å². The van der Waals surface area contributed by atoms with Crippen LogP contribution in [0.5, 0.6) is 11.5 Å². The zero-order valence-corrected chi connectivity index (χ0v) is 19.8. The van der Waals surface area contributed by atoms with Gasteiger partial charge in [0.25, 0.3) is 5.78 Å². The summed E-state index contributed by atoms with van der Waals surface area (Å²) in [5.74, 6) is -2.64. The van der Waals surface area contributed by atoms with E-state index in [1.54, 1.807) is 18.2 Å². The van der Waals surface area contributed by atoms with Crippen molar-refractivity contribution in [2.45, 2.75) is 6.04 Å². The van der Waals surface area contributed by atoms with Crippen LogP contribution in [0.4, 0.5) is 13.9 Å². The molecule has 7 nitrogen and oxygen atoms in total. The minimum Gasteiger partial charge on any atom is -0.507 e. The van der Waals surface area contributed by atoms with E-state index < -0.39 is 35.1 Å². The Morgan fingerprint density at radius 1 is 0.972 bits per heavy atom. The largest absolute Gasteiger partial charge is 0.507 e. The fourth-order valence-corrected chi connectivity index (χ4v) is 5.15. The van der Waals surface area contributed by atoms with Crippen LogP contribution < -0.4 is 14.4 Å². The number of amides is 1. The maximum Gasteiger partial charge on any atom is 0.301 e. The molecule has 1 amide bonds. The van der Waals surface area contributed by atoms with Crippen LogP contribution in [0.15, 0.2) is 66.2 Å². The van der Waals surface area contributed by atoms with Gasteiger partial charge in [-0.1, -0.05) is 11.3 Å². The van der Waals surface area contributed by atoms with Crippen molar-refractivity contribution >= 4 is 44.1 Å². The number of aliphatic hydroxyl groups is 1. The molecule has 1 N–H and O–H groups in total. The molecule has 1 saturated heterocycles. The van der Waals surface area contributed by atoms with Crippen LogP contribution in [0.25, 0.3) is 16.0 Å².